The van der Waals surface area contributed by atoms with E-state index in [1.165, 1.54) is 16.2 Å². The Morgan fingerprint density at radius 3 is 3.06 bits per heavy atom. The molecule has 2 rings (SSSR count). The molecule has 0 saturated carbocycles. The number of aliphatic carboxylic acids is 1. The third kappa shape index (κ3) is 2.31. The van der Waals surface area contributed by atoms with Gasteiger partial charge in [0, 0.05) is 17.6 Å². The van der Waals surface area contributed by atoms with Crippen molar-refractivity contribution in [2.24, 2.45) is 0 Å². The fraction of sp³-hybridized carbons (Fsp3) is 0.545. The summed E-state index contributed by atoms with van der Waals surface area (Å²) in [7, 11) is 0. The lowest BCUT2D eigenvalue weighted by Gasteiger charge is -2.31. The van der Waals surface area contributed by atoms with Gasteiger partial charge in [-0.2, -0.15) is 0 Å². The zero-order chi connectivity index (χ0) is 13.2. The van der Waals surface area contributed by atoms with Crippen molar-refractivity contribution in [1.82, 2.24) is 15.2 Å². The van der Waals surface area contributed by atoms with Crippen LogP contribution in [0.5, 0.6) is 0 Å². The highest BCUT2D eigenvalue weighted by Crippen LogP contribution is 2.29. The van der Waals surface area contributed by atoms with Crippen molar-refractivity contribution in [1.29, 1.82) is 0 Å². The van der Waals surface area contributed by atoms with Gasteiger partial charge in [0.25, 0.3) is 0 Å². The molecule has 18 heavy (non-hydrogen) atoms. The molecular formula is C11H15N3O3S. The van der Waals surface area contributed by atoms with Gasteiger partial charge in [-0.1, -0.05) is 0 Å². The van der Waals surface area contributed by atoms with Crippen LogP contribution in [0.2, 0.25) is 0 Å². The van der Waals surface area contributed by atoms with Crippen LogP contribution < -0.4 is 5.32 Å². The van der Waals surface area contributed by atoms with Gasteiger partial charge in [0.1, 0.15) is 5.54 Å². The maximum atomic E-state index is 12.0. The fourth-order valence-corrected chi connectivity index (χ4v) is 2.63. The van der Waals surface area contributed by atoms with Gasteiger partial charge in [-0.25, -0.2) is 9.59 Å². The Morgan fingerprint density at radius 1 is 1.67 bits per heavy atom. The van der Waals surface area contributed by atoms with Crippen LogP contribution in [0.25, 0.3) is 0 Å². The number of carbonyl (C=O) groups is 2. The second-order valence-electron chi connectivity index (χ2n) is 4.46. The van der Waals surface area contributed by atoms with E-state index in [0.29, 0.717) is 19.5 Å². The number of urea groups is 1. The second kappa shape index (κ2) is 4.93. The molecule has 0 spiro atoms. The summed E-state index contributed by atoms with van der Waals surface area (Å²) in [5.41, 5.74) is 0.608. The number of nitrogens with one attached hydrogen (secondary N) is 1. The summed E-state index contributed by atoms with van der Waals surface area (Å²) in [5.74, 6) is -0.951. The molecular weight excluding hydrogens is 254 g/mol. The lowest BCUT2D eigenvalue weighted by atomic mass is 10.00. The van der Waals surface area contributed by atoms with Crippen molar-refractivity contribution >= 4 is 23.3 Å². The van der Waals surface area contributed by atoms with Crippen molar-refractivity contribution < 1.29 is 14.7 Å². The van der Waals surface area contributed by atoms with E-state index in [-0.39, 0.29) is 6.03 Å². The van der Waals surface area contributed by atoms with Crippen LogP contribution in [0.4, 0.5) is 4.79 Å². The Balaban J connectivity index is 1.98. The molecule has 98 valence electrons. The maximum Gasteiger partial charge on any atom is 0.329 e. The second-order valence-corrected chi connectivity index (χ2v) is 5.43. The summed E-state index contributed by atoms with van der Waals surface area (Å²) >= 11 is 1.45. The largest absolute Gasteiger partial charge is 0.480 e. The van der Waals surface area contributed by atoms with Crippen LogP contribution in [-0.4, -0.2) is 39.1 Å². The lowest BCUT2D eigenvalue weighted by molar-refractivity contribution is -0.147. The molecule has 0 radical (unpaired) electrons. The SMILES string of the molecule is CC1(C(=O)O)CCCN1C(=O)NCc1cncs1. The summed E-state index contributed by atoms with van der Waals surface area (Å²) < 4.78 is 0. The molecule has 1 aliphatic rings. The molecule has 2 heterocycles. The van der Waals surface area contributed by atoms with Gasteiger partial charge >= 0.3 is 12.0 Å². The first kappa shape index (κ1) is 12.8. The molecule has 6 nitrogen and oxygen atoms in total. The number of aromatic nitrogens is 1. The fourth-order valence-electron chi connectivity index (χ4n) is 2.10. The van der Waals surface area contributed by atoms with Crippen molar-refractivity contribution in [3.63, 3.8) is 0 Å². The maximum absolute atomic E-state index is 12.0. The summed E-state index contributed by atoms with van der Waals surface area (Å²) in [6, 6.07) is -0.328. The van der Waals surface area contributed by atoms with Crippen LogP contribution in [0, 0.1) is 0 Å². The average molecular weight is 269 g/mol. The van der Waals surface area contributed by atoms with Gasteiger partial charge < -0.3 is 15.3 Å². The minimum atomic E-state index is -1.09. The van der Waals surface area contributed by atoms with Gasteiger partial charge in [-0.15, -0.1) is 11.3 Å². The Kier molecular flexibility index (Phi) is 3.51. The minimum Gasteiger partial charge on any atom is -0.480 e. The molecule has 1 aromatic heterocycles. The summed E-state index contributed by atoms with van der Waals surface area (Å²) in [6.07, 6.45) is 2.90. The average Bonchev–Trinajstić information content (AvgIpc) is 2.95. The smallest absolute Gasteiger partial charge is 0.329 e. The number of carboxylic acid groups (broad SMARTS) is 1. The first-order valence-corrected chi connectivity index (χ1v) is 6.58. The number of hydrogen-bond donors (Lipinski definition) is 2. The molecule has 1 atom stereocenters. The van der Waals surface area contributed by atoms with E-state index in [1.807, 2.05) is 0 Å². The number of carboxylic acids is 1. The normalized spacial score (nSPS) is 23.1. The highest BCUT2D eigenvalue weighted by atomic mass is 32.1. The van der Waals surface area contributed by atoms with Crippen LogP contribution in [0.3, 0.4) is 0 Å². The quantitative estimate of drug-likeness (QED) is 0.866. The Labute approximate surface area is 109 Å². The number of carbonyl (C=O) groups excluding carboxylic acids is 1. The Morgan fingerprint density at radius 2 is 2.44 bits per heavy atom. The molecule has 1 aromatic rings. The molecule has 0 aliphatic carbocycles. The van der Waals surface area contributed by atoms with Crippen molar-refractivity contribution in [2.45, 2.75) is 31.8 Å². The monoisotopic (exact) mass is 269 g/mol. The molecule has 1 unspecified atom stereocenters. The first-order valence-electron chi connectivity index (χ1n) is 5.70. The summed E-state index contributed by atoms with van der Waals surface area (Å²) in [4.78, 5) is 29.5. The van der Waals surface area contributed by atoms with Crippen LogP contribution in [0.15, 0.2) is 11.7 Å². The predicted octanol–water partition coefficient (Wildman–Crippen LogP) is 1.29. The van der Waals surface area contributed by atoms with E-state index in [2.05, 4.69) is 10.3 Å². The number of hydrogen-bond acceptors (Lipinski definition) is 4. The zero-order valence-corrected chi connectivity index (χ0v) is 10.9. The van der Waals surface area contributed by atoms with E-state index in [1.54, 1.807) is 18.6 Å². The van der Waals surface area contributed by atoms with Crippen molar-refractivity contribution in [3.05, 3.63) is 16.6 Å². The van der Waals surface area contributed by atoms with E-state index < -0.39 is 11.5 Å². The molecule has 1 aliphatic heterocycles. The highest BCUT2D eigenvalue weighted by Gasteiger charge is 2.45. The van der Waals surface area contributed by atoms with Gasteiger partial charge in [-0.05, 0) is 19.8 Å². The molecule has 2 N–H and O–H groups in total. The Bertz CT molecular complexity index is 448. The topological polar surface area (TPSA) is 82.5 Å². The van der Waals surface area contributed by atoms with E-state index in [9.17, 15) is 14.7 Å². The number of thiazole rings is 1. The number of amides is 2. The van der Waals surface area contributed by atoms with E-state index in [0.717, 1.165) is 11.3 Å². The highest BCUT2D eigenvalue weighted by molar-refractivity contribution is 7.09. The van der Waals surface area contributed by atoms with Gasteiger partial charge in [0.05, 0.1) is 12.1 Å². The summed E-state index contributed by atoms with van der Waals surface area (Å²) in [6.45, 7) is 2.46. The van der Waals surface area contributed by atoms with Crippen molar-refractivity contribution in [3.8, 4) is 0 Å². The number of nitrogens with zero attached hydrogens (tertiary/aromatic N) is 2. The molecule has 0 aromatic carbocycles. The third-order valence-corrected chi connectivity index (χ3v) is 4.02. The van der Waals surface area contributed by atoms with Gasteiger partial charge in [-0.3, -0.25) is 4.98 Å². The molecule has 1 fully saturated rings. The standard InChI is InChI=1S/C11H15N3O3S/c1-11(9(15)16)3-2-4-14(11)10(17)13-6-8-5-12-7-18-8/h5,7H,2-4,6H2,1H3,(H,13,17)(H,15,16). The molecule has 0 bridgehead atoms. The first-order chi connectivity index (χ1) is 8.54. The third-order valence-electron chi connectivity index (χ3n) is 3.24. The zero-order valence-electron chi connectivity index (χ0n) is 10.0. The number of rotatable bonds is 3. The molecule has 1 saturated heterocycles. The minimum absolute atomic E-state index is 0.328. The van der Waals surface area contributed by atoms with E-state index in [4.69, 9.17) is 0 Å². The van der Waals surface area contributed by atoms with Gasteiger partial charge in [0.15, 0.2) is 0 Å². The molecule has 2 amide bonds. The lowest BCUT2D eigenvalue weighted by Crippen LogP contribution is -2.53. The van der Waals surface area contributed by atoms with Gasteiger partial charge in [0.2, 0.25) is 0 Å². The summed E-state index contributed by atoms with van der Waals surface area (Å²) in [5, 5.41) is 11.9. The predicted molar refractivity (Wildman–Crippen MR) is 66.3 cm³/mol. The van der Waals surface area contributed by atoms with Crippen LogP contribution >= 0.6 is 11.3 Å². The van der Waals surface area contributed by atoms with Crippen LogP contribution in [-0.2, 0) is 11.3 Å². The number of likely N-dealkylation sites (tertiary alicyclic amines) is 1. The van der Waals surface area contributed by atoms with Crippen molar-refractivity contribution in [2.75, 3.05) is 6.54 Å². The van der Waals surface area contributed by atoms with E-state index >= 15 is 0 Å². The molecule has 7 heteroatoms. The van der Waals surface area contributed by atoms with Crippen LogP contribution in [0.1, 0.15) is 24.6 Å². The Hall–Kier alpha value is -1.63.